The number of carbonyl (C=O) groups excluding carboxylic acids is 1. The van der Waals surface area contributed by atoms with Crippen molar-refractivity contribution in [1.29, 1.82) is 0 Å². The molecule has 3 nitrogen and oxygen atoms in total. The van der Waals surface area contributed by atoms with Crippen LogP contribution >= 0.6 is 11.6 Å². The van der Waals surface area contributed by atoms with Gasteiger partial charge in [0.15, 0.2) is 0 Å². The molecule has 2 aromatic carbocycles. The number of hydrogen-bond acceptors (Lipinski definition) is 3. The number of carbonyl (C=O) groups is 1. The summed E-state index contributed by atoms with van der Waals surface area (Å²) in [6, 6.07) is 16.7. The van der Waals surface area contributed by atoms with E-state index in [1.165, 1.54) is 7.11 Å². The Kier molecular flexibility index (Phi) is 3.59. The van der Waals surface area contributed by atoms with Gasteiger partial charge in [-0.2, -0.15) is 0 Å². The van der Waals surface area contributed by atoms with Crippen molar-refractivity contribution in [3.05, 3.63) is 65.2 Å². The van der Waals surface area contributed by atoms with E-state index in [0.29, 0.717) is 16.3 Å². The molecule has 21 heavy (non-hydrogen) atoms. The van der Waals surface area contributed by atoms with Gasteiger partial charge >= 0.3 is 5.97 Å². The first-order valence-electron chi connectivity index (χ1n) is 6.43. The number of nitrogens with zero attached hydrogens (tertiary/aromatic N) is 1. The zero-order valence-electron chi connectivity index (χ0n) is 11.3. The Morgan fingerprint density at radius 2 is 1.86 bits per heavy atom. The minimum Gasteiger partial charge on any atom is -0.465 e. The second-order valence-electron chi connectivity index (χ2n) is 4.58. The summed E-state index contributed by atoms with van der Waals surface area (Å²) in [6.45, 7) is 0. The maximum absolute atomic E-state index is 12.0. The predicted octanol–water partition coefficient (Wildman–Crippen LogP) is 4.34. The van der Waals surface area contributed by atoms with Crippen molar-refractivity contribution in [2.75, 3.05) is 7.11 Å². The third-order valence-electron chi connectivity index (χ3n) is 3.23. The van der Waals surface area contributed by atoms with Gasteiger partial charge in [0.2, 0.25) is 0 Å². The van der Waals surface area contributed by atoms with Crippen LogP contribution in [-0.4, -0.2) is 18.1 Å². The molecule has 3 rings (SSSR count). The van der Waals surface area contributed by atoms with Crippen LogP contribution in [0, 0.1) is 0 Å². The van der Waals surface area contributed by atoms with Crippen LogP contribution in [0.2, 0.25) is 5.02 Å². The van der Waals surface area contributed by atoms with E-state index in [2.05, 4.69) is 4.98 Å². The number of aromatic nitrogens is 1. The molecule has 0 bridgehead atoms. The molecule has 3 aromatic rings. The number of ether oxygens (including phenoxy) is 1. The first-order chi connectivity index (χ1) is 10.2. The molecule has 4 heteroatoms. The first-order valence-corrected chi connectivity index (χ1v) is 6.81. The molecule has 0 aliphatic rings. The second kappa shape index (κ2) is 5.54. The predicted molar refractivity (Wildman–Crippen MR) is 83.5 cm³/mol. The Bertz CT molecular complexity index is 816. The fraction of sp³-hybridized carbons (Fsp3) is 0.0588. The minimum absolute atomic E-state index is 0.404. The number of rotatable bonds is 2. The molecule has 0 fully saturated rings. The van der Waals surface area contributed by atoms with Crippen molar-refractivity contribution in [2.45, 2.75) is 0 Å². The maximum atomic E-state index is 12.0. The Hall–Kier alpha value is -2.39. The van der Waals surface area contributed by atoms with Crippen molar-refractivity contribution < 1.29 is 9.53 Å². The monoisotopic (exact) mass is 297 g/mol. The van der Waals surface area contributed by atoms with Gasteiger partial charge in [-0.3, -0.25) is 0 Å². The summed E-state index contributed by atoms with van der Waals surface area (Å²) in [4.78, 5) is 16.6. The highest BCUT2D eigenvalue weighted by molar-refractivity contribution is 6.31. The summed E-state index contributed by atoms with van der Waals surface area (Å²) < 4.78 is 4.87. The average molecular weight is 298 g/mol. The largest absolute Gasteiger partial charge is 0.465 e. The van der Waals surface area contributed by atoms with E-state index < -0.39 is 5.97 Å². The number of pyridine rings is 1. The quantitative estimate of drug-likeness (QED) is 0.660. The molecule has 1 aromatic heterocycles. The van der Waals surface area contributed by atoms with E-state index in [0.717, 1.165) is 16.5 Å². The summed E-state index contributed by atoms with van der Waals surface area (Å²) in [7, 11) is 1.36. The second-order valence-corrected chi connectivity index (χ2v) is 5.02. The molecule has 0 saturated heterocycles. The summed E-state index contributed by atoms with van der Waals surface area (Å²) in [5.74, 6) is -0.404. The van der Waals surface area contributed by atoms with Gasteiger partial charge in [0.05, 0.1) is 23.9 Å². The standard InChI is InChI=1S/C17H12ClNO2/c1-21-17(20)14-9-12-7-8-13(18)10-15(12)19-16(14)11-5-3-2-4-6-11/h2-10H,1H3. The zero-order valence-corrected chi connectivity index (χ0v) is 12.1. The zero-order chi connectivity index (χ0) is 14.8. The molecule has 0 atom stereocenters. The van der Waals surface area contributed by atoms with Crippen LogP contribution in [0.1, 0.15) is 10.4 Å². The highest BCUT2D eigenvalue weighted by Crippen LogP contribution is 2.27. The molecule has 0 spiro atoms. The van der Waals surface area contributed by atoms with E-state index in [-0.39, 0.29) is 0 Å². The molecule has 0 unspecified atom stereocenters. The Morgan fingerprint density at radius 1 is 1.10 bits per heavy atom. The third kappa shape index (κ3) is 2.60. The SMILES string of the molecule is COC(=O)c1cc2ccc(Cl)cc2nc1-c1ccccc1. The molecule has 0 saturated carbocycles. The molecular formula is C17H12ClNO2. The molecule has 0 aliphatic carbocycles. The average Bonchev–Trinajstić information content (AvgIpc) is 2.53. The smallest absolute Gasteiger partial charge is 0.340 e. The van der Waals surface area contributed by atoms with Crippen LogP contribution in [-0.2, 0) is 4.74 Å². The van der Waals surface area contributed by atoms with Gasteiger partial charge in [-0.25, -0.2) is 9.78 Å². The van der Waals surface area contributed by atoms with E-state index in [1.54, 1.807) is 18.2 Å². The highest BCUT2D eigenvalue weighted by atomic mass is 35.5. The van der Waals surface area contributed by atoms with Crippen molar-refractivity contribution in [2.24, 2.45) is 0 Å². The number of benzene rings is 2. The Morgan fingerprint density at radius 3 is 2.57 bits per heavy atom. The first kappa shape index (κ1) is 13.6. The molecule has 0 aliphatic heterocycles. The van der Waals surface area contributed by atoms with Crippen LogP contribution in [0.3, 0.4) is 0 Å². The lowest BCUT2D eigenvalue weighted by Crippen LogP contribution is -2.05. The molecule has 0 N–H and O–H groups in total. The fourth-order valence-corrected chi connectivity index (χ4v) is 2.39. The number of fused-ring (bicyclic) bond motifs is 1. The summed E-state index contributed by atoms with van der Waals surface area (Å²) in [5.41, 5.74) is 2.64. The normalized spacial score (nSPS) is 10.6. The lowest BCUT2D eigenvalue weighted by molar-refractivity contribution is 0.0601. The topological polar surface area (TPSA) is 39.2 Å². The number of methoxy groups -OCH3 is 1. The summed E-state index contributed by atoms with van der Waals surface area (Å²) in [5, 5.41) is 1.46. The highest BCUT2D eigenvalue weighted by Gasteiger charge is 2.16. The Balaban J connectivity index is 2.31. The van der Waals surface area contributed by atoms with E-state index in [1.807, 2.05) is 36.4 Å². The van der Waals surface area contributed by atoms with E-state index in [4.69, 9.17) is 16.3 Å². The molecule has 0 radical (unpaired) electrons. The molecule has 104 valence electrons. The third-order valence-corrected chi connectivity index (χ3v) is 3.47. The van der Waals surface area contributed by atoms with Crippen LogP contribution in [0.15, 0.2) is 54.6 Å². The van der Waals surface area contributed by atoms with Gasteiger partial charge in [-0.05, 0) is 18.2 Å². The minimum atomic E-state index is -0.404. The van der Waals surface area contributed by atoms with Gasteiger partial charge in [0, 0.05) is 16.0 Å². The number of halogens is 1. The molecule has 0 amide bonds. The van der Waals surface area contributed by atoms with Gasteiger partial charge in [-0.15, -0.1) is 0 Å². The van der Waals surface area contributed by atoms with Gasteiger partial charge in [-0.1, -0.05) is 48.0 Å². The lowest BCUT2D eigenvalue weighted by Gasteiger charge is -2.09. The molecular weight excluding hydrogens is 286 g/mol. The van der Waals surface area contributed by atoms with E-state index in [9.17, 15) is 4.79 Å². The van der Waals surface area contributed by atoms with Crippen LogP contribution in [0.4, 0.5) is 0 Å². The van der Waals surface area contributed by atoms with E-state index >= 15 is 0 Å². The van der Waals surface area contributed by atoms with Gasteiger partial charge in [0.1, 0.15) is 0 Å². The number of hydrogen-bond donors (Lipinski definition) is 0. The fourth-order valence-electron chi connectivity index (χ4n) is 2.22. The summed E-state index contributed by atoms with van der Waals surface area (Å²) in [6.07, 6.45) is 0. The lowest BCUT2D eigenvalue weighted by atomic mass is 10.0. The van der Waals surface area contributed by atoms with Crippen LogP contribution < -0.4 is 0 Å². The maximum Gasteiger partial charge on any atom is 0.340 e. The summed E-state index contributed by atoms with van der Waals surface area (Å²) >= 11 is 6.02. The van der Waals surface area contributed by atoms with Crippen LogP contribution in [0.5, 0.6) is 0 Å². The van der Waals surface area contributed by atoms with Crippen molar-refractivity contribution in [3.8, 4) is 11.3 Å². The van der Waals surface area contributed by atoms with Crippen molar-refractivity contribution in [1.82, 2.24) is 4.98 Å². The molecule has 1 heterocycles. The van der Waals surface area contributed by atoms with Crippen molar-refractivity contribution >= 4 is 28.5 Å². The van der Waals surface area contributed by atoms with Gasteiger partial charge in [0.25, 0.3) is 0 Å². The van der Waals surface area contributed by atoms with Crippen molar-refractivity contribution in [3.63, 3.8) is 0 Å². The van der Waals surface area contributed by atoms with Crippen LogP contribution in [0.25, 0.3) is 22.2 Å². The number of esters is 1. The van der Waals surface area contributed by atoms with Gasteiger partial charge < -0.3 is 4.74 Å². The Labute approximate surface area is 127 Å².